The largest absolute Gasteiger partial charge is 0.313 e. The van der Waals surface area contributed by atoms with E-state index in [1.807, 2.05) is 13.8 Å². The van der Waals surface area contributed by atoms with E-state index in [9.17, 15) is 9.18 Å². The van der Waals surface area contributed by atoms with E-state index in [1.54, 1.807) is 30.5 Å². The molecule has 1 N–H and O–H groups in total. The van der Waals surface area contributed by atoms with Crippen molar-refractivity contribution in [1.82, 2.24) is 20.2 Å². The van der Waals surface area contributed by atoms with E-state index in [0.29, 0.717) is 17.8 Å². The highest BCUT2D eigenvalue weighted by Crippen LogP contribution is 2.25. The Balaban J connectivity index is 2.09. The number of amides is 1. The second kappa shape index (κ2) is 7.21. The van der Waals surface area contributed by atoms with Crippen LogP contribution in [0.4, 0.5) is 16.2 Å². The molecule has 6 nitrogen and oxygen atoms in total. The zero-order valence-electron chi connectivity index (χ0n) is 14.0. The highest BCUT2D eigenvalue weighted by Gasteiger charge is 2.27. The molecule has 0 radical (unpaired) electrons. The third kappa shape index (κ3) is 3.26. The van der Waals surface area contributed by atoms with Gasteiger partial charge in [0.2, 0.25) is 5.95 Å². The molecule has 7 heteroatoms. The summed E-state index contributed by atoms with van der Waals surface area (Å²) in [6.45, 7) is 3.82. The molecule has 1 aromatic carbocycles. The van der Waals surface area contributed by atoms with Gasteiger partial charge in [-0.1, -0.05) is 25.5 Å². The number of carbonyl (C=O) groups excluding carboxylic acids is 1. The highest BCUT2D eigenvalue weighted by molar-refractivity contribution is 6.09. The maximum atomic E-state index is 15.0. The average molecular weight is 339 g/mol. The van der Waals surface area contributed by atoms with Crippen molar-refractivity contribution in [3.8, 4) is 0 Å². The minimum atomic E-state index is -0.551. The minimum Gasteiger partial charge on any atom is -0.313 e. The minimum absolute atomic E-state index is 0.0175. The van der Waals surface area contributed by atoms with Crippen LogP contribution >= 0.6 is 0 Å². The summed E-state index contributed by atoms with van der Waals surface area (Å²) in [6.07, 6.45) is 4.28. The first-order chi connectivity index (χ1) is 12.1. The molecule has 0 unspecified atom stereocenters. The first-order valence-electron chi connectivity index (χ1n) is 8.03. The van der Waals surface area contributed by atoms with Crippen LogP contribution in [0, 0.1) is 12.7 Å². The molecule has 2 aromatic heterocycles. The van der Waals surface area contributed by atoms with Crippen molar-refractivity contribution in [2.24, 2.45) is 0 Å². The maximum absolute atomic E-state index is 15.0. The fourth-order valence-corrected chi connectivity index (χ4v) is 2.66. The molecule has 0 saturated heterocycles. The van der Waals surface area contributed by atoms with E-state index in [1.165, 1.54) is 17.3 Å². The quantitative estimate of drug-likeness (QED) is 0.771. The van der Waals surface area contributed by atoms with Gasteiger partial charge < -0.3 is 4.98 Å². The number of hydrogen-bond donors (Lipinski definition) is 1. The number of carbonyl (C=O) groups is 1. The van der Waals surface area contributed by atoms with Gasteiger partial charge in [-0.2, -0.15) is 0 Å². The van der Waals surface area contributed by atoms with Crippen molar-refractivity contribution in [2.75, 3.05) is 4.90 Å². The number of aromatic nitrogens is 4. The van der Waals surface area contributed by atoms with E-state index in [0.717, 1.165) is 12.0 Å². The lowest BCUT2D eigenvalue weighted by molar-refractivity contribution is 0.0993. The molecule has 0 fully saturated rings. The molecule has 25 heavy (non-hydrogen) atoms. The predicted molar refractivity (Wildman–Crippen MR) is 92.2 cm³/mol. The van der Waals surface area contributed by atoms with Gasteiger partial charge in [0.05, 0.1) is 5.56 Å². The van der Waals surface area contributed by atoms with Crippen molar-refractivity contribution < 1.29 is 9.18 Å². The summed E-state index contributed by atoms with van der Waals surface area (Å²) in [5.74, 6) is -0.528. The Morgan fingerprint density at radius 1 is 1.28 bits per heavy atom. The molecule has 1 amide bonds. The van der Waals surface area contributed by atoms with Crippen LogP contribution in [0.1, 0.15) is 34.8 Å². The molecular weight excluding hydrogens is 321 g/mol. The maximum Gasteiger partial charge on any atom is 0.269 e. The topological polar surface area (TPSA) is 74.8 Å². The van der Waals surface area contributed by atoms with Crippen molar-refractivity contribution in [3.05, 3.63) is 65.4 Å². The van der Waals surface area contributed by atoms with E-state index < -0.39 is 11.7 Å². The number of pyridine rings is 1. The van der Waals surface area contributed by atoms with E-state index >= 15 is 0 Å². The van der Waals surface area contributed by atoms with Crippen LogP contribution in [0.25, 0.3) is 0 Å². The van der Waals surface area contributed by atoms with Crippen LogP contribution in [0.3, 0.4) is 0 Å². The Morgan fingerprint density at radius 2 is 2.12 bits per heavy atom. The van der Waals surface area contributed by atoms with Gasteiger partial charge in [0.15, 0.2) is 0 Å². The van der Waals surface area contributed by atoms with Crippen LogP contribution in [0.5, 0.6) is 0 Å². The van der Waals surface area contributed by atoms with Gasteiger partial charge in [0.25, 0.3) is 5.91 Å². The standard InChI is InChI=1S/C18H18FN5O/c1-3-6-13-12(2)8-9-14(16(13)19)17(25)24(18-21-11-22-23-18)15-7-4-5-10-20-15/h4-5,7-11H,3,6H2,1-2H3,(H,21,22,23). The van der Waals surface area contributed by atoms with E-state index in [4.69, 9.17) is 0 Å². The number of aryl methyl sites for hydroxylation is 1. The van der Waals surface area contributed by atoms with Crippen LogP contribution in [0.2, 0.25) is 0 Å². The lowest BCUT2D eigenvalue weighted by Crippen LogP contribution is -2.29. The normalized spacial score (nSPS) is 10.7. The molecule has 0 atom stereocenters. The third-order valence-corrected chi connectivity index (χ3v) is 3.90. The van der Waals surface area contributed by atoms with Crippen LogP contribution in [-0.4, -0.2) is 26.1 Å². The molecule has 2 heterocycles. The molecule has 3 rings (SSSR count). The molecule has 0 spiro atoms. The van der Waals surface area contributed by atoms with Gasteiger partial charge in [0.1, 0.15) is 18.0 Å². The second-order valence-electron chi connectivity index (χ2n) is 5.61. The fourth-order valence-electron chi connectivity index (χ4n) is 2.66. The fraction of sp³-hybridized carbons (Fsp3) is 0.222. The number of anilines is 2. The summed E-state index contributed by atoms with van der Waals surface area (Å²) in [5.41, 5.74) is 1.38. The first-order valence-corrected chi connectivity index (χ1v) is 8.03. The van der Waals surface area contributed by atoms with Gasteiger partial charge in [-0.3, -0.25) is 4.79 Å². The van der Waals surface area contributed by atoms with Gasteiger partial charge in [0, 0.05) is 6.20 Å². The number of halogens is 1. The summed E-state index contributed by atoms with van der Waals surface area (Å²) < 4.78 is 15.0. The Hall–Kier alpha value is -3.09. The SMILES string of the molecule is CCCc1c(C)ccc(C(=O)N(c2ccccn2)c2nnc[nH]2)c1F. The number of H-pyrrole nitrogens is 1. The van der Waals surface area contributed by atoms with Crippen molar-refractivity contribution in [2.45, 2.75) is 26.7 Å². The Bertz CT molecular complexity index is 865. The van der Waals surface area contributed by atoms with Crippen LogP contribution in [-0.2, 0) is 6.42 Å². The number of aromatic amines is 1. The number of benzene rings is 1. The number of nitrogens with zero attached hydrogens (tertiary/aromatic N) is 4. The molecule has 0 aliphatic heterocycles. The summed E-state index contributed by atoms with van der Waals surface area (Å²) >= 11 is 0. The third-order valence-electron chi connectivity index (χ3n) is 3.90. The number of nitrogens with one attached hydrogen (secondary N) is 1. The summed E-state index contributed by atoms with van der Waals surface area (Å²) in [5, 5.41) is 7.59. The molecule has 128 valence electrons. The Labute approximate surface area is 144 Å². The van der Waals surface area contributed by atoms with Gasteiger partial charge in [-0.25, -0.2) is 14.3 Å². The average Bonchev–Trinajstić information content (AvgIpc) is 3.14. The zero-order chi connectivity index (χ0) is 17.8. The number of rotatable bonds is 5. The molecule has 0 aliphatic rings. The second-order valence-corrected chi connectivity index (χ2v) is 5.61. The lowest BCUT2D eigenvalue weighted by atomic mass is 9.99. The first kappa shape index (κ1) is 16.8. The summed E-state index contributed by atoms with van der Waals surface area (Å²) in [4.78, 5) is 21.3. The predicted octanol–water partition coefficient (Wildman–Crippen LogP) is 3.58. The van der Waals surface area contributed by atoms with E-state index in [-0.39, 0.29) is 11.5 Å². The molecule has 3 aromatic rings. The van der Waals surface area contributed by atoms with Crippen LogP contribution in [0.15, 0.2) is 42.9 Å². The lowest BCUT2D eigenvalue weighted by Gasteiger charge is -2.20. The van der Waals surface area contributed by atoms with Crippen molar-refractivity contribution in [1.29, 1.82) is 0 Å². The molecule has 0 bridgehead atoms. The van der Waals surface area contributed by atoms with E-state index in [2.05, 4.69) is 20.2 Å². The molecule has 0 aliphatic carbocycles. The Morgan fingerprint density at radius 3 is 2.76 bits per heavy atom. The zero-order valence-corrected chi connectivity index (χ0v) is 14.0. The van der Waals surface area contributed by atoms with Gasteiger partial charge >= 0.3 is 0 Å². The monoisotopic (exact) mass is 339 g/mol. The smallest absolute Gasteiger partial charge is 0.269 e. The van der Waals surface area contributed by atoms with Crippen molar-refractivity contribution in [3.63, 3.8) is 0 Å². The summed E-state index contributed by atoms with van der Waals surface area (Å²) in [7, 11) is 0. The van der Waals surface area contributed by atoms with Crippen molar-refractivity contribution >= 4 is 17.7 Å². The van der Waals surface area contributed by atoms with Crippen LogP contribution < -0.4 is 4.90 Å². The number of hydrogen-bond acceptors (Lipinski definition) is 4. The van der Waals surface area contributed by atoms with Gasteiger partial charge in [-0.15, -0.1) is 10.2 Å². The summed E-state index contributed by atoms with van der Waals surface area (Å²) in [6, 6.07) is 8.39. The molecular formula is C18H18FN5O. The highest BCUT2D eigenvalue weighted by atomic mass is 19.1. The molecule has 0 saturated carbocycles. The Kier molecular flexibility index (Phi) is 4.83. The van der Waals surface area contributed by atoms with Gasteiger partial charge in [-0.05, 0) is 42.7 Å².